The Morgan fingerprint density at radius 3 is 2.48 bits per heavy atom. The molecule has 4 rings (SSSR count). The molecule has 29 heavy (non-hydrogen) atoms. The minimum Gasteiger partial charge on any atom is -0.466 e. The van der Waals surface area contributed by atoms with Crippen molar-refractivity contribution in [2.45, 2.75) is 37.0 Å². The summed E-state index contributed by atoms with van der Waals surface area (Å²) in [5.41, 5.74) is 0. The predicted octanol–water partition coefficient (Wildman–Crippen LogP) is 3.01. The lowest BCUT2D eigenvalue weighted by Crippen LogP contribution is -2.50. The van der Waals surface area contributed by atoms with Crippen molar-refractivity contribution < 1.29 is 22.0 Å². The van der Waals surface area contributed by atoms with Gasteiger partial charge in [0.15, 0.2) is 0 Å². The third-order valence-electron chi connectivity index (χ3n) is 5.79. The molecular formula is C21H25FN2O4S. The Hall–Kier alpha value is -2.19. The van der Waals surface area contributed by atoms with Crippen molar-refractivity contribution in [2.75, 3.05) is 26.2 Å². The summed E-state index contributed by atoms with van der Waals surface area (Å²) in [7, 11) is -3.90. The number of furan rings is 1. The summed E-state index contributed by atoms with van der Waals surface area (Å²) >= 11 is 0. The first-order valence-electron chi connectivity index (χ1n) is 9.97. The highest BCUT2D eigenvalue weighted by atomic mass is 32.2. The summed E-state index contributed by atoms with van der Waals surface area (Å²) in [5.74, 6) is 2.23. The number of amides is 1. The summed E-state index contributed by atoms with van der Waals surface area (Å²) in [4.78, 5) is 13.9. The first-order chi connectivity index (χ1) is 13.9. The first-order valence-corrected chi connectivity index (χ1v) is 11.4. The zero-order valence-corrected chi connectivity index (χ0v) is 17.2. The fourth-order valence-corrected chi connectivity index (χ4v) is 5.29. The van der Waals surface area contributed by atoms with E-state index in [4.69, 9.17) is 4.42 Å². The number of carbonyl (C=O) groups excluding carboxylic acids is 1. The van der Waals surface area contributed by atoms with Crippen LogP contribution >= 0.6 is 0 Å². The zero-order valence-electron chi connectivity index (χ0n) is 16.4. The molecule has 1 aliphatic carbocycles. The lowest BCUT2D eigenvalue weighted by atomic mass is 10.2. The van der Waals surface area contributed by atoms with Crippen molar-refractivity contribution >= 4 is 15.9 Å². The molecule has 2 fully saturated rings. The highest BCUT2D eigenvalue weighted by molar-refractivity contribution is 7.89. The number of sulfonamides is 1. The molecule has 0 radical (unpaired) electrons. The van der Waals surface area contributed by atoms with Crippen molar-refractivity contribution in [2.24, 2.45) is 5.92 Å². The number of hydrogen-bond acceptors (Lipinski definition) is 4. The fraction of sp³-hybridized carbons (Fsp3) is 0.476. The van der Waals surface area contributed by atoms with Gasteiger partial charge in [0, 0.05) is 44.9 Å². The van der Waals surface area contributed by atoms with Gasteiger partial charge >= 0.3 is 0 Å². The van der Waals surface area contributed by atoms with Crippen LogP contribution in [0.2, 0.25) is 0 Å². The maximum Gasteiger partial charge on any atom is 0.246 e. The molecule has 0 spiro atoms. The van der Waals surface area contributed by atoms with Gasteiger partial charge in [-0.15, -0.1) is 0 Å². The molecule has 2 aromatic rings. The summed E-state index contributed by atoms with van der Waals surface area (Å²) in [6.07, 6.45) is 2.02. The van der Waals surface area contributed by atoms with Crippen molar-refractivity contribution in [3.05, 3.63) is 53.7 Å². The van der Waals surface area contributed by atoms with E-state index in [1.165, 1.54) is 22.5 Å². The Bertz CT molecular complexity index is 996. The topological polar surface area (TPSA) is 70.8 Å². The largest absolute Gasteiger partial charge is 0.466 e. The molecule has 1 saturated heterocycles. The van der Waals surface area contributed by atoms with Crippen LogP contribution in [0.5, 0.6) is 0 Å². The average Bonchev–Trinajstić information content (AvgIpc) is 3.25. The molecule has 156 valence electrons. The lowest BCUT2D eigenvalue weighted by molar-refractivity contribution is -0.132. The molecule has 1 saturated carbocycles. The number of halogens is 1. The smallest absolute Gasteiger partial charge is 0.246 e. The highest BCUT2D eigenvalue weighted by Crippen LogP contribution is 2.47. The second-order valence-corrected chi connectivity index (χ2v) is 9.75. The molecule has 1 aromatic heterocycles. The second kappa shape index (κ2) is 7.91. The quantitative estimate of drug-likeness (QED) is 0.720. The van der Waals surface area contributed by atoms with Gasteiger partial charge in [0.25, 0.3) is 0 Å². The van der Waals surface area contributed by atoms with Gasteiger partial charge < -0.3 is 9.32 Å². The summed E-state index contributed by atoms with van der Waals surface area (Å²) < 4.78 is 46.3. The Morgan fingerprint density at radius 2 is 1.83 bits per heavy atom. The molecule has 2 atom stereocenters. The van der Waals surface area contributed by atoms with Gasteiger partial charge in [-0.3, -0.25) is 4.79 Å². The van der Waals surface area contributed by atoms with Gasteiger partial charge in [-0.1, -0.05) is 19.1 Å². The number of aryl methyl sites for hydroxylation is 1. The molecule has 8 heteroatoms. The number of hydrogen-bond donors (Lipinski definition) is 0. The van der Waals surface area contributed by atoms with E-state index in [1.807, 2.05) is 12.1 Å². The Morgan fingerprint density at radius 1 is 1.14 bits per heavy atom. The van der Waals surface area contributed by atoms with Crippen molar-refractivity contribution in [3.8, 4) is 0 Å². The van der Waals surface area contributed by atoms with E-state index in [0.717, 1.165) is 24.0 Å². The third kappa shape index (κ3) is 4.23. The maximum absolute atomic E-state index is 13.9. The summed E-state index contributed by atoms with van der Waals surface area (Å²) in [6.45, 7) is 3.12. The van der Waals surface area contributed by atoms with E-state index in [2.05, 4.69) is 6.92 Å². The number of nitrogens with zero attached hydrogens (tertiary/aromatic N) is 2. The van der Waals surface area contributed by atoms with Crippen LogP contribution in [0.25, 0.3) is 0 Å². The molecule has 1 aliphatic heterocycles. The summed E-state index contributed by atoms with van der Waals surface area (Å²) in [6, 6.07) is 9.30. The fourth-order valence-electron chi connectivity index (χ4n) is 3.81. The molecule has 0 bridgehead atoms. The minimum atomic E-state index is -3.90. The summed E-state index contributed by atoms with van der Waals surface area (Å²) in [5, 5.41) is 0. The number of piperazine rings is 1. The van der Waals surface area contributed by atoms with Crippen molar-refractivity contribution in [1.82, 2.24) is 9.21 Å². The van der Waals surface area contributed by atoms with Gasteiger partial charge in [0.2, 0.25) is 15.9 Å². The van der Waals surface area contributed by atoms with Crippen LogP contribution in [0, 0.1) is 11.7 Å². The monoisotopic (exact) mass is 420 g/mol. The predicted molar refractivity (Wildman–Crippen MR) is 105 cm³/mol. The van der Waals surface area contributed by atoms with Crippen LogP contribution < -0.4 is 0 Å². The lowest BCUT2D eigenvalue weighted by Gasteiger charge is -2.34. The first kappa shape index (κ1) is 20.1. The number of benzene rings is 1. The Balaban J connectivity index is 1.29. The van der Waals surface area contributed by atoms with E-state index in [9.17, 15) is 17.6 Å². The van der Waals surface area contributed by atoms with E-state index >= 15 is 0 Å². The Kier molecular flexibility index (Phi) is 5.48. The van der Waals surface area contributed by atoms with Crippen LogP contribution in [-0.2, 0) is 21.2 Å². The highest BCUT2D eigenvalue weighted by Gasteiger charge is 2.36. The van der Waals surface area contributed by atoms with E-state index < -0.39 is 15.8 Å². The van der Waals surface area contributed by atoms with Gasteiger partial charge in [0.05, 0.1) is 0 Å². The van der Waals surface area contributed by atoms with E-state index in [0.29, 0.717) is 37.8 Å². The molecule has 0 unspecified atom stereocenters. The van der Waals surface area contributed by atoms with Crippen LogP contribution in [0.4, 0.5) is 4.39 Å². The van der Waals surface area contributed by atoms with Gasteiger partial charge in [0.1, 0.15) is 22.2 Å². The van der Waals surface area contributed by atoms with Crippen LogP contribution in [0.1, 0.15) is 37.2 Å². The van der Waals surface area contributed by atoms with Crippen molar-refractivity contribution in [1.29, 1.82) is 0 Å². The van der Waals surface area contributed by atoms with Crippen LogP contribution in [0.15, 0.2) is 45.7 Å². The van der Waals surface area contributed by atoms with Crippen LogP contribution in [-0.4, -0.2) is 49.7 Å². The van der Waals surface area contributed by atoms with Gasteiger partial charge in [-0.05, 0) is 36.6 Å². The molecule has 2 aliphatic rings. The average molecular weight is 421 g/mol. The molecule has 0 N–H and O–H groups in total. The molecule has 1 amide bonds. The van der Waals surface area contributed by atoms with Gasteiger partial charge in [-0.25, -0.2) is 12.8 Å². The number of carbonyl (C=O) groups is 1. The zero-order chi connectivity index (χ0) is 20.6. The maximum atomic E-state index is 13.9. The molecule has 1 aromatic carbocycles. The SMILES string of the molecule is C[C@H]1C[C@H]1c1ccc(CCC(=O)N2CCN(S(=O)(=O)c3ccccc3F)CC2)o1. The number of rotatable bonds is 6. The van der Waals surface area contributed by atoms with E-state index in [-0.39, 0.29) is 23.9 Å². The molecular weight excluding hydrogens is 395 g/mol. The Labute approximate surface area is 170 Å². The third-order valence-corrected chi connectivity index (χ3v) is 7.72. The van der Waals surface area contributed by atoms with Crippen LogP contribution in [0.3, 0.4) is 0 Å². The molecule has 2 heterocycles. The van der Waals surface area contributed by atoms with Gasteiger partial charge in [-0.2, -0.15) is 4.31 Å². The van der Waals surface area contributed by atoms with E-state index in [1.54, 1.807) is 4.90 Å². The van der Waals surface area contributed by atoms with Crippen molar-refractivity contribution in [3.63, 3.8) is 0 Å². The molecule has 6 nitrogen and oxygen atoms in total. The minimum absolute atomic E-state index is 0.0225. The second-order valence-electron chi connectivity index (χ2n) is 7.84. The standard InChI is InChI=1S/C21H25FN2O4S/c1-15-14-17(15)19-8-6-16(28-19)7-9-21(25)23-10-12-24(13-11-23)29(26,27)20-5-3-2-4-18(20)22/h2-6,8,15,17H,7,9-14H2,1H3/t15-,17+/m0/s1. The normalized spacial score (nSPS) is 22.6.